The molecule has 0 spiro atoms. The van der Waals surface area contributed by atoms with Gasteiger partial charge in [-0.05, 0) is 17.5 Å². The molecule has 1 aromatic carbocycles. The van der Waals surface area contributed by atoms with Gasteiger partial charge in [0.1, 0.15) is 10.6 Å². The van der Waals surface area contributed by atoms with Gasteiger partial charge in [0.15, 0.2) is 9.84 Å². The first kappa shape index (κ1) is 12.2. The predicted octanol–water partition coefficient (Wildman–Crippen LogP) is 1.92. The molecule has 5 heteroatoms. The highest BCUT2D eigenvalue weighted by molar-refractivity contribution is 7.91. The van der Waals surface area contributed by atoms with Crippen LogP contribution in [0.2, 0.25) is 0 Å². The van der Waals surface area contributed by atoms with Gasteiger partial charge in [-0.15, -0.1) is 0 Å². The van der Waals surface area contributed by atoms with E-state index in [1.165, 1.54) is 7.11 Å². The van der Waals surface area contributed by atoms with E-state index in [4.69, 9.17) is 4.74 Å². The number of hydrogen-bond donors (Lipinski definition) is 1. The van der Waals surface area contributed by atoms with Gasteiger partial charge < -0.3 is 10.1 Å². The number of anilines is 1. The third-order valence-electron chi connectivity index (χ3n) is 2.85. The van der Waals surface area contributed by atoms with Crippen molar-refractivity contribution in [3.05, 3.63) is 18.2 Å². The van der Waals surface area contributed by atoms with Crippen LogP contribution < -0.4 is 10.1 Å². The number of rotatable bonds is 1. The van der Waals surface area contributed by atoms with Crippen molar-refractivity contribution >= 4 is 15.5 Å². The Morgan fingerprint density at radius 3 is 2.71 bits per heavy atom. The fraction of sp³-hybridized carbons (Fsp3) is 0.500. The van der Waals surface area contributed by atoms with E-state index in [9.17, 15) is 8.42 Å². The van der Waals surface area contributed by atoms with Crippen LogP contribution in [0, 0.1) is 5.41 Å². The molecule has 1 N–H and O–H groups in total. The van der Waals surface area contributed by atoms with Gasteiger partial charge in [0.25, 0.3) is 0 Å². The molecule has 0 aliphatic carbocycles. The summed E-state index contributed by atoms with van der Waals surface area (Å²) in [6.07, 6.45) is 0. The van der Waals surface area contributed by atoms with Crippen LogP contribution in [0.25, 0.3) is 0 Å². The second-order valence-electron chi connectivity index (χ2n) is 5.11. The van der Waals surface area contributed by atoms with Crippen molar-refractivity contribution in [3.8, 4) is 5.75 Å². The zero-order valence-corrected chi connectivity index (χ0v) is 11.1. The minimum atomic E-state index is -3.32. The summed E-state index contributed by atoms with van der Waals surface area (Å²) in [5.41, 5.74) is 0.345. The van der Waals surface area contributed by atoms with E-state index in [1.54, 1.807) is 18.2 Å². The lowest BCUT2D eigenvalue weighted by molar-refractivity contribution is 0.403. The first-order chi connectivity index (χ1) is 7.86. The molecule has 0 amide bonds. The van der Waals surface area contributed by atoms with Gasteiger partial charge in [-0.2, -0.15) is 0 Å². The monoisotopic (exact) mass is 255 g/mol. The van der Waals surface area contributed by atoms with Crippen molar-refractivity contribution in [3.63, 3.8) is 0 Å². The number of nitrogens with one attached hydrogen (secondary N) is 1. The number of fused-ring (bicyclic) bond motifs is 1. The molecule has 17 heavy (non-hydrogen) atoms. The van der Waals surface area contributed by atoms with Crippen LogP contribution in [0.15, 0.2) is 23.1 Å². The Kier molecular flexibility index (Phi) is 2.81. The molecular formula is C12H17NO3S. The van der Waals surface area contributed by atoms with Crippen LogP contribution in [0.5, 0.6) is 5.75 Å². The first-order valence-electron chi connectivity index (χ1n) is 5.49. The van der Waals surface area contributed by atoms with Crippen LogP contribution in [-0.4, -0.2) is 27.8 Å². The number of sulfone groups is 1. The topological polar surface area (TPSA) is 55.4 Å². The van der Waals surface area contributed by atoms with Crippen LogP contribution in [0.4, 0.5) is 5.69 Å². The third kappa shape index (κ3) is 2.24. The molecule has 0 saturated carbocycles. The lowest BCUT2D eigenvalue weighted by atomic mass is 9.96. The molecular weight excluding hydrogens is 238 g/mol. The van der Waals surface area contributed by atoms with E-state index >= 15 is 0 Å². The third-order valence-corrected chi connectivity index (χ3v) is 5.05. The lowest BCUT2D eigenvalue weighted by Gasteiger charge is -2.20. The second kappa shape index (κ2) is 3.91. The summed E-state index contributed by atoms with van der Waals surface area (Å²) >= 11 is 0. The Bertz CT molecular complexity index is 535. The SMILES string of the molecule is COc1cccc2c1S(=O)(=O)CC(C)(C)CN2. The largest absolute Gasteiger partial charge is 0.495 e. The standard InChI is InChI=1S/C12H17NO3S/c1-12(2)7-13-9-5-4-6-10(16-3)11(9)17(14,15)8-12/h4-6,13H,7-8H2,1-3H3. The molecule has 1 aliphatic rings. The summed E-state index contributed by atoms with van der Waals surface area (Å²) in [6, 6.07) is 5.24. The van der Waals surface area contributed by atoms with E-state index in [-0.39, 0.29) is 16.1 Å². The Morgan fingerprint density at radius 2 is 2.06 bits per heavy atom. The van der Waals surface area contributed by atoms with Gasteiger partial charge in [-0.25, -0.2) is 8.42 Å². The van der Waals surface area contributed by atoms with Crippen molar-refractivity contribution in [2.75, 3.05) is 24.7 Å². The van der Waals surface area contributed by atoms with Crippen molar-refractivity contribution < 1.29 is 13.2 Å². The fourth-order valence-corrected chi connectivity index (χ4v) is 4.32. The van der Waals surface area contributed by atoms with Crippen molar-refractivity contribution in [2.24, 2.45) is 5.41 Å². The van der Waals surface area contributed by atoms with Crippen LogP contribution in [0.1, 0.15) is 13.8 Å². The highest BCUT2D eigenvalue weighted by Crippen LogP contribution is 2.37. The Morgan fingerprint density at radius 1 is 1.35 bits per heavy atom. The van der Waals surface area contributed by atoms with E-state index in [1.807, 2.05) is 13.8 Å². The molecule has 0 radical (unpaired) electrons. The van der Waals surface area contributed by atoms with E-state index in [0.717, 1.165) is 0 Å². The maximum Gasteiger partial charge on any atom is 0.184 e. The van der Waals surface area contributed by atoms with Gasteiger partial charge in [0, 0.05) is 6.54 Å². The lowest BCUT2D eigenvalue weighted by Crippen LogP contribution is -2.28. The second-order valence-corrected chi connectivity index (χ2v) is 7.04. The van der Waals surface area contributed by atoms with E-state index in [0.29, 0.717) is 18.0 Å². The molecule has 1 aliphatic heterocycles. The molecule has 0 atom stereocenters. The van der Waals surface area contributed by atoms with Crippen molar-refractivity contribution in [2.45, 2.75) is 18.7 Å². The maximum absolute atomic E-state index is 12.4. The molecule has 0 bridgehead atoms. The highest BCUT2D eigenvalue weighted by Gasteiger charge is 2.34. The van der Waals surface area contributed by atoms with E-state index < -0.39 is 9.84 Å². The fourth-order valence-electron chi connectivity index (χ4n) is 2.11. The molecule has 94 valence electrons. The summed E-state index contributed by atoms with van der Waals surface area (Å²) < 4.78 is 29.9. The van der Waals surface area contributed by atoms with Gasteiger partial charge in [-0.3, -0.25) is 0 Å². The maximum atomic E-state index is 12.4. The van der Waals surface area contributed by atoms with E-state index in [2.05, 4.69) is 5.32 Å². The summed E-state index contributed by atoms with van der Waals surface area (Å²) in [6.45, 7) is 4.51. The Hall–Kier alpha value is -1.23. The van der Waals surface area contributed by atoms with Gasteiger partial charge in [0.2, 0.25) is 0 Å². The smallest absolute Gasteiger partial charge is 0.184 e. The zero-order valence-electron chi connectivity index (χ0n) is 10.3. The summed E-state index contributed by atoms with van der Waals surface area (Å²) in [4.78, 5) is 0.285. The Labute approximate surface area is 102 Å². The van der Waals surface area contributed by atoms with Crippen molar-refractivity contribution in [1.82, 2.24) is 0 Å². The van der Waals surface area contributed by atoms with Gasteiger partial charge >= 0.3 is 0 Å². The molecule has 0 unspecified atom stereocenters. The highest BCUT2D eigenvalue weighted by atomic mass is 32.2. The Balaban J connectivity index is 2.65. The number of benzene rings is 1. The van der Waals surface area contributed by atoms with Crippen LogP contribution in [0.3, 0.4) is 0 Å². The molecule has 0 fully saturated rings. The zero-order chi connectivity index (χ0) is 12.7. The number of ether oxygens (including phenoxy) is 1. The predicted molar refractivity (Wildman–Crippen MR) is 67.3 cm³/mol. The molecule has 2 rings (SSSR count). The normalized spacial score (nSPS) is 20.9. The average Bonchev–Trinajstić information content (AvgIpc) is 2.32. The molecule has 1 heterocycles. The minimum absolute atomic E-state index is 0.125. The molecule has 1 aromatic rings. The molecule has 0 aromatic heterocycles. The van der Waals surface area contributed by atoms with Crippen molar-refractivity contribution in [1.29, 1.82) is 0 Å². The number of hydrogen-bond acceptors (Lipinski definition) is 4. The summed E-state index contributed by atoms with van der Waals surface area (Å²) in [5, 5.41) is 3.19. The number of methoxy groups -OCH3 is 1. The first-order valence-corrected chi connectivity index (χ1v) is 7.15. The van der Waals surface area contributed by atoms with Gasteiger partial charge in [-0.1, -0.05) is 19.9 Å². The molecule has 4 nitrogen and oxygen atoms in total. The molecule has 0 saturated heterocycles. The van der Waals surface area contributed by atoms with Crippen LogP contribution >= 0.6 is 0 Å². The minimum Gasteiger partial charge on any atom is -0.495 e. The van der Waals surface area contributed by atoms with Gasteiger partial charge in [0.05, 0.1) is 18.6 Å². The van der Waals surface area contributed by atoms with Crippen LogP contribution in [-0.2, 0) is 9.84 Å². The average molecular weight is 255 g/mol. The quantitative estimate of drug-likeness (QED) is 0.833. The summed E-state index contributed by atoms with van der Waals surface area (Å²) in [7, 11) is -1.83. The summed E-state index contributed by atoms with van der Waals surface area (Å²) in [5.74, 6) is 0.535.